The number of methoxy groups -OCH3 is 1. The molecule has 0 fully saturated rings. The molecule has 0 spiro atoms. The second-order valence-electron chi connectivity index (χ2n) is 5.37. The molecule has 3 aromatic heterocycles. The summed E-state index contributed by atoms with van der Waals surface area (Å²) in [6.45, 7) is 0. The highest BCUT2D eigenvalue weighted by molar-refractivity contribution is 6.30. The standard InChI is InChI=1S/C18H12ClFN4O/c1-25-13-8-14(11-4-5-24-17(6-11)22-10-23-24)18(21-9-13)15-7-12(19)2-3-16(15)20/h2-10H,1H3. The van der Waals surface area contributed by atoms with Crippen molar-refractivity contribution in [3.8, 4) is 28.1 Å². The fourth-order valence-corrected chi connectivity index (χ4v) is 2.83. The Balaban J connectivity index is 1.97. The zero-order chi connectivity index (χ0) is 17.4. The molecule has 0 N–H and O–H groups in total. The van der Waals surface area contributed by atoms with Crippen LogP contribution in [0.25, 0.3) is 28.0 Å². The third-order valence-electron chi connectivity index (χ3n) is 3.87. The van der Waals surface area contributed by atoms with Crippen molar-refractivity contribution in [2.75, 3.05) is 7.11 Å². The molecule has 0 atom stereocenters. The van der Waals surface area contributed by atoms with E-state index >= 15 is 0 Å². The molecule has 0 aliphatic carbocycles. The number of halogens is 2. The molecule has 1 aromatic carbocycles. The summed E-state index contributed by atoms with van der Waals surface area (Å²) in [5.74, 6) is 0.175. The van der Waals surface area contributed by atoms with Gasteiger partial charge >= 0.3 is 0 Å². The van der Waals surface area contributed by atoms with Gasteiger partial charge in [0, 0.05) is 22.3 Å². The number of pyridine rings is 2. The van der Waals surface area contributed by atoms with Crippen molar-refractivity contribution >= 4 is 17.2 Å². The first kappa shape index (κ1) is 15.5. The maximum atomic E-state index is 14.4. The SMILES string of the molecule is COc1cnc(-c2cc(Cl)ccc2F)c(-c2ccn3ncnc3c2)c1. The maximum absolute atomic E-state index is 14.4. The molecule has 0 aliphatic rings. The van der Waals surface area contributed by atoms with E-state index in [-0.39, 0.29) is 0 Å². The molecule has 0 amide bonds. The van der Waals surface area contributed by atoms with Crippen LogP contribution in [-0.4, -0.2) is 26.7 Å². The predicted octanol–water partition coefficient (Wildman–Crippen LogP) is 4.26. The fraction of sp³-hybridized carbons (Fsp3) is 0.0556. The van der Waals surface area contributed by atoms with Crippen molar-refractivity contribution in [3.63, 3.8) is 0 Å². The van der Waals surface area contributed by atoms with Crippen LogP contribution >= 0.6 is 11.6 Å². The van der Waals surface area contributed by atoms with Crippen LogP contribution in [0.15, 0.2) is 55.1 Å². The van der Waals surface area contributed by atoms with Crippen LogP contribution in [-0.2, 0) is 0 Å². The monoisotopic (exact) mass is 354 g/mol. The lowest BCUT2D eigenvalue weighted by Gasteiger charge is -2.12. The van der Waals surface area contributed by atoms with E-state index in [0.717, 1.165) is 5.56 Å². The molecule has 4 rings (SSSR count). The molecule has 4 aromatic rings. The van der Waals surface area contributed by atoms with Gasteiger partial charge in [-0.25, -0.2) is 13.9 Å². The highest BCUT2D eigenvalue weighted by Crippen LogP contribution is 2.35. The summed E-state index contributed by atoms with van der Waals surface area (Å²) in [6, 6.07) is 9.93. The lowest BCUT2D eigenvalue weighted by atomic mass is 9.99. The zero-order valence-electron chi connectivity index (χ0n) is 13.1. The van der Waals surface area contributed by atoms with Gasteiger partial charge in [-0.05, 0) is 42.0 Å². The van der Waals surface area contributed by atoms with E-state index in [9.17, 15) is 4.39 Å². The fourth-order valence-electron chi connectivity index (χ4n) is 2.65. The smallest absolute Gasteiger partial charge is 0.155 e. The number of rotatable bonds is 3. The first-order valence-corrected chi connectivity index (χ1v) is 7.83. The summed E-state index contributed by atoms with van der Waals surface area (Å²) in [7, 11) is 1.56. The van der Waals surface area contributed by atoms with Crippen LogP contribution in [0.1, 0.15) is 0 Å². The molecule has 3 heterocycles. The highest BCUT2D eigenvalue weighted by atomic mass is 35.5. The van der Waals surface area contributed by atoms with Crippen LogP contribution < -0.4 is 4.74 Å². The lowest BCUT2D eigenvalue weighted by molar-refractivity contribution is 0.413. The predicted molar refractivity (Wildman–Crippen MR) is 93.2 cm³/mol. The minimum Gasteiger partial charge on any atom is -0.495 e. The van der Waals surface area contributed by atoms with Gasteiger partial charge in [0.05, 0.1) is 19.0 Å². The Bertz CT molecular complexity index is 1080. The number of benzene rings is 1. The number of nitrogens with zero attached hydrogens (tertiary/aromatic N) is 4. The van der Waals surface area contributed by atoms with E-state index in [0.29, 0.717) is 33.2 Å². The Morgan fingerprint density at radius 3 is 2.80 bits per heavy atom. The minimum atomic E-state index is -0.396. The third kappa shape index (κ3) is 2.81. The summed E-state index contributed by atoms with van der Waals surface area (Å²) >= 11 is 6.05. The number of ether oxygens (including phenoxy) is 1. The lowest BCUT2D eigenvalue weighted by Crippen LogP contribution is -1.95. The van der Waals surface area contributed by atoms with Gasteiger partial charge in [-0.2, -0.15) is 5.10 Å². The molecule has 0 saturated heterocycles. The molecular weight excluding hydrogens is 343 g/mol. The molecule has 7 heteroatoms. The van der Waals surface area contributed by atoms with E-state index in [1.54, 1.807) is 30.1 Å². The van der Waals surface area contributed by atoms with E-state index in [2.05, 4.69) is 15.1 Å². The van der Waals surface area contributed by atoms with Crippen LogP contribution in [0, 0.1) is 5.82 Å². The number of hydrogen-bond donors (Lipinski definition) is 0. The van der Waals surface area contributed by atoms with Gasteiger partial charge in [0.15, 0.2) is 5.65 Å². The maximum Gasteiger partial charge on any atom is 0.155 e. The average Bonchev–Trinajstić information content (AvgIpc) is 3.11. The quantitative estimate of drug-likeness (QED) is 0.551. The molecule has 5 nitrogen and oxygen atoms in total. The van der Waals surface area contributed by atoms with Gasteiger partial charge in [-0.1, -0.05) is 11.6 Å². The summed E-state index contributed by atoms with van der Waals surface area (Å²) in [4.78, 5) is 8.59. The first-order valence-electron chi connectivity index (χ1n) is 7.45. The summed E-state index contributed by atoms with van der Waals surface area (Å²) in [6.07, 6.45) is 4.81. The number of hydrogen-bond acceptors (Lipinski definition) is 4. The van der Waals surface area contributed by atoms with Crippen molar-refractivity contribution in [2.45, 2.75) is 0 Å². The van der Waals surface area contributed by atoms with E-state index in [1.807, 2.05) is 18.2 Å². The van der Waals surface area contributed by atoms with Gasteiger partial charge in [-0.3, -0.25) is 4.98 Å². The van der Waals surface area contributed by atoms with Crippen molar-refractivity contribution in [1.82, 2.24) is 19.6 Å². The second-order valence-corrected chi connectivity index (χ2v) is 5.81. The van der Waals surface area contributed by atoms with Gasteiger partial charge in [0.1, 0.15) is 17.9 Å². The average molecular weight is 355 g/mol. The molecule has 0 radical (unpaired) electrons. The first-order chi connectivity index (χ1) is 12.2. The van der Waals surface area contributed by atoms with Gasteiger partial charge in [0.2, 0.25) is 0 Å². The van der Waals surface area contributed by atoms with Crippen molar-refractivity contribution < 1.29 is 9.13 Å². The van der Waals surface area contributed by atoms with Gasteiger partial charge < -0.3 is 4.74 Å². The highest BCUT2D eigenvalue weighted by Gasteiger charge is 2.15. The molecule has 0 bridgehead atoms. The molecule has 0 unspecified atom stereocenters. The number of aromatic nitrogens is 4. The topological polar surface area (TPSA) is 52.3 Å². The van der Waals surface area contributed by atoms with Gasteiger partial charge in [-0.15, -0.1) is 0 Å². The molecule has 124 valence electrons. The zero-order valence-corrected chi connectivity index (χ0v) is 13.9. The normalized spacial score (nSPS) is 11.0. The van der Waals surface area contributed by atoms with Gasteiger partial charge in [0.25, 0.3) is 0 Å². The Morgan fingerprint density at radius 2 is 1.96 bits per heavy atom. The van der Waals surface area contributed by atoms with Crippen molar-refractivity contribution in [2.24, 2.45) is 0 Å². The summed E-state index contributed by atoms with van der Waals surface area (Å²) in [5, 5.41) is 4.52. The Labute approximate surface area is 147 Å². The molecule has 25 heavy (non-hydrogen) atoms. The summed E-state index contributed by atoms with van der Waals surface area (Å²) < 4.78 is 21.3. The number of fused-ring (bicyclic) bond motifs is 1. The van der Waals surface area contributed by atoms with E-state index < -0.39 is 5.82 Å². The second kappa shape index (κ2) is 6.14. The van der Waals surface area contributed by atoms with Crippen LogP contribution in [0.3, 0.4) is 0 Å². The Morgan fingerprint density at radius 1 is 1.08 bits per heavy atom. The molecule has 0 aliphatic heterocycles. The third-order valence-corrected chi connectivity index (χ3v) is 4.11. The molecular formula is C18H12ClFN4O. The Hall–Kier alpha value is -2.99. The van der Waals surface area contributed by atoms with Crippen LogP contribution in [0.4, 0.5) is 4.39 Å². The van der Waals surface area contributed by atoms with Crippen LogP contribution in [0.2, 0.25) is 5.02 Å². The molecule has 0 saturated carbocycles. The minimum absolute atomic E-state index is 0.325. The van der Waals surface area contributed by atoms with Crippen molar-refractivity contribution in [3.05, 3.63) is 66.0 Å². The summed E-state index contributed by atoms with van der Waals surface area (Å²) in [5.41, 5.74) is 3.02. The largest absolute Gasteiger partial charge is 0.495 e. The van der Waals surface area contributed by atoms with Crippen LogP contribution in [0.5, 0.6) is 5.75 Å². The Kier molecular flexibility index (Phi) is 3.82. The van der Waals surface area contributed by atoms with E-state index in [4.69, 9.17) is 16.3 Å². The van der Waals surface area contributed by atoms with E-state index in [1.165, 1.54) is 18.5 Å². The van der Waals surface area contributed by atoms with Crippen molar-refractivity contribution in [1.29, 1.82) is 0 Å².